The largest absolute Gasteiger partial charge is 0.486 e. The van der Waals surface area contributed by atoms with Crippen molar-refractivity contribution in [1.82, 2.24) is 4.90 Å². The van der Waals surface area contributed by atoms with Crippen LogP contribution in [-0.4, -0.2) is 80.7 Å². The first-order chi connectivity index (χ1) is 25.3. The molecule has 2 saturated carbocycles. The smallest absolute Gasteiger partial charge is 0.303 e. The van der Waals surface area contributed by atoms with Crippen LogP contribution in [0.1, 0.15) is 101 Å². The number of Topliss-reactive ketones (excluding diaryl/α,β-unsaturated/α-hetero) is 1. The van der Waals surface area contributed by atoms with Gasteiger partial charge in [-0.1, -0.05) is 55.8 Å². The number of aliphatic hydroxyl groups excluding tert-OH is 1. The van der Waals surface area contributed by atoms with Gasteiger partial charge in [0.15, 0.2) is 12.4 Å². The lowest BCUT2D eigenvalue weighted by Crippen LogP contribution is -2.53. The number of piperidine rings is 1. The molecule has 4 unspecified atom stereocenters. The molecule has 5 aliphatic rings. The molecular formula is C43H54ClNO9. The normalized spacial score (nSPS) is 32.1. The molecule has 3 N–H and O–H groups in total. The number of fused-ring (bicyclic) bond motifs is 2. The van der Waals surface area contributed by atoms with E-state index in [2.05, 4.69) is 6.92 Å². The highest BCUT2D eigenvalue weighted by molar-refractivity contribution is 6.30. The number of ether oxygens (including phenoxy) is 2. The molecule has 3 aliphatic carbocycles. The monoisotopic (exact) mass is 763 g/mol. The van der Waals surface area contributed by atoms with Gasteiger partial charge in [0, 0.05) is 43.8 Å². The van der Waals surface area contributed by atoms with E-state index in [1.165, 1.54) is 6.92 Å². The number of carbonyl (C=O) groups excluding carboxylic acids is 4. The number of aliphatic hydroxyl groups is 3. The van der Waals surface area contributed by atoms with Gasteiger partial charge in [-0.05, 0) is 111 Å². The van der Waals surface area contributed by atoms with Crippen molar-refractivity contribution < 1.29 is 44.0 Å². The van der Waals surface area contributed by atoms with E-state index in [1.54, 1.807) is 18.2 Å². The van der Waals surface area contributed by atoms with E-state index in [4.69, 9.17) is 21.1 Å². The summed E-state index contributed by atoms with van der Waals surface area (Å²) >= 11 is 5.95. The summed E-state index contributed by atoms with van der Waals surface area (Å²) in [6.07, 6.45) is 7.69. The Labute approximate surface area is 322 Å². The van der Waals surface area contributed by atoms with Crippen molar-refractivity contribution in [2.24, 2.45) is 29.1 Å². The van der Waals surface area contributed by atoms with Crippen LogP contribution in [0.25, 0.3) is 0 Å². The fraction of sp³-hybridized carbons (Fsp3) is 0.581. The zero-order valence-corrected chi connectivity index (χ0v) is 32.7. The Morgan fingerprint density at radius 3 is 2.28 bits per heavy atom. The number of nitrogens with zero attached hydrogens (tertiary/aromatic N) is 1. The van der Waals surface area contributed by atoms with Gasteiger partial charge in [0.25, 0.3) is 5.91 Å². The van der Waals surface area contributed by atoms with Crippen molar-refractivity contribution in [3.05, 3.63) is 76.3 Å². The van der Waals surface area contributed by atoms with Gasteiger partial charge >= 0.3 is 5.97 Å². The number of likely N-dealkylation sites (tertiary alicyclic amines) is 1. The Kier molecular flexibility index (Phi) is 11.3. The maximum Gasteiger partial charge on any atom is 0.303 e. The molecule has 11 heteroatoms. The van der Waals surface area contributed by atoms with Crippen molar-refractivity contribution in [3.8, 4) is 5.75 Å². The van der Waals surface area contributed by atoms with Gasteiger partial charge in [-0.15, -0.1) is 0 Å². The average Bonchev–Trinajstić information content (AvgIpc) is 3.59. The number of ketones is 2. The molecular weight excluding hydrogens is 710 g/mol. The number of carbonyl (C=O) groups is 4. The zero-order chi connectivity index (χ0) is 39.2. The standard InChI is InChI=1S/C22H24ClNO3.C21H30O6/c1-21(2)14-15-4-3-5-18(19(15)27-21)20(25)24-12-10-22(26,11-13-24)16-6-8-17(23)9-7-16;1-12-8-14-9-17(20(3)6-4-15(23)5-7-20)18(24)10-16(14)21(12,26)19(25)11-27-13(2)22/h3-9,26H,10-14H2,1-2H3;4,6,12,14,16-18,24,26H,5,7-11H2,1-3H3/t;12-,14?,16?,17?,18-,20?,21-/m.1/s1. The van der Waals surface area contributed by atoms with Gasteiger partial charge in [0.1, 0.15) is 17.0 Å². The number of esters is 1. The van der Waals surface area contributed by atoms with Gasteiger partial charge in [-0.3, -0.25) is 19.2 Å². The number of benzene rings is 2. The quantitative estimate of drug-likeness (QED) is 0.302. The van der Waals surface area contributed by atoms with Crippen LogP contribution in [-0.2, 0) is 31.1 Å². The summed E-state index contributed by atoms with van der Waals surface area (Å²) in [5.74, 6) is -0.673. The zero-order valence-electron chi connectivity index (χ0n) is 32.0. The second-order valence-corrected chi connectivity index (χ2v) is 17.6. The average molecular weight is 764 g/mol. The molecule has 7 rings (SSSR count). The number of allylic oxidation sites excluding steroid dienone is 2. The molecule has 7 atom stereocenters. The van der Waals surface area contributed by atoms with Crippen LogP contribution in [0, 0.1) is 29.1 Å². The summed E-state index contributed by atoms with van der Waals surface area (Å²) in [6.45, 7) is 9.82. The first kappa shape index (κ1) is 40.1. The van der Waals surface area contributed by atoms with Crippen molar-refractivity contribution >= 4 is 35.0 Å². The minimum Gasteiger partial charge on any atom is -0.486 e. The minimum absolute atomic E-state index is 0.00113. The topological polar surface area (TPSA) is 151 Å². The Balaban J connectivity index is 0.000000184. The molecule has 0 aromatic heterocycles. The van der Waals surface area contributed by atoms with Gasteiger partial charge in [0.05, 0.1) is 17.3 Å². The number of halogens is 1. The molecule has 0 bridgehead atoms. The highest BCUT2D eigenvalue weighted by atomic mass is 35.5. The first-order valence-corrected chi connectivity index (χ1v) is 19.6. The summed E-state index contributed by atoms with van der Waals surface area (Å²) < 4.78 is 10.9. The van der Waals surface area contributed by atoms with Gasteiger partial charge in [-0.2, -0.15) is 0 Å². The lowest BCUT2D eigenvalue weighted by atomic mass is 9.59. The van der Waals surface area contributed by atoms with Gasteiger partial charge < -0.3 is 29.7 Å². The van der Waals surface area contributed by atoms with Crippen LogP contribution in [0.3, 0.4) is 0 Å². The number of hydrogen-bond acceptors (Lipinski definition) is 9. The maximum atomic E-state index is 13.1. The van der Waals surface area contributed by atoms with Crippen LogP contribution >= 0.6 is 11.6 Å². The van der Waals surface area contributed by atoms with Crippen molar-refractivity contribution in [2.75, 3.05) is 19.7 Å². The van der Waals surface area contributed by atoms with Crippen LogP contribution < -0.4 is 4.74 Å². The highest BCUT2D eigenvalue weighted by Gasteiger charge is 2.60. The second kappa shape index (κ2) is 15.2. The molecule has 2 aliphatic heterocycles. The third kappa shape index (κ3) is 7.90. The van der Waals surface area contributed by atoms with Crippen molar-refractivity contribution in [2.45, 2.75) is 109 Å². The third-order valence-electron chi connectivity index (χ3n) is 12.9. The van der Waals surface area contributed by atoms with E-state index in [-0.39, 0.29) is 46.4 Å². The molecule has 1 saturated heterocycles. The van der Waals surface area contributed by atoms with Crippen LogP contribution in [0.5, 0.6) is 5.75 Å². The summed E-state index contributed by atoms with van der Waals surface area (Å²) in [4.78, 5) is 50.2. The molecule has 54 heavy (non-hydrogen) atoms. The third-order valence-corrected chi connectivity index (χ3v) is 13.2. The number of hydrogen-bond donors (Lipinski definition) is 3. The molecule has 10 nitrogen and oxygen atoms in total. The van der Waals surface area contributed by atoms with E-state index in [0.717, 1.165) is 17.5 Å². The number of amides is 1. The Morgan fingerprint density at radius 1 is 0.963 bits per heavy atom. The van der Waals surface area contributed by atoms with Gasteiger partial charge in [-0.25, -0.2) is 0 Å². The minimum atomic E-state index is -1.56. The van der Waals surface area contributed by atoms with E-state index < -0.39 is 35.7 Å². The first-order valence-electron chi connectivity index (χ1n) is 19.2. The summed E-state index contributed by atoms with van der Waals surface area (Å²) in [7, 11) is 0. The molecule has 2 heterocycles. The van der Waals surface area contributed by atoms with Crippen LogP contribution in [0.15, 0.2) is 54.6 Å². The summed E-state index contributed by atoms with van der Waals surface area (Å²) in [5.41, 5.74) is -0.455. The molecule has 2 aromatic rings. The van der Waals surface area contributed by atoms with E-state index >= 15 is 0 Å². The molecule has 0 spiro atoms. The van der Waals surface area contributed by atoms with E-state index in [1.807, 2.05) is 62.1 Å². The van der Waals surface area contributed by atoms with Crippen LogP contribution in [0.2, 0.25) is 5.02 Å². The molecule has 3 fully saturated rings. The number of rotatable bonds is 6. The molecule has 1 amide bonds. The predicted octanol–water partition coefficient (Wildman–Crippen LogP) is 6.00. The molecule has 0 radical (unpaired) electrons. The predicted molar refractivity (Wildman–Crippen MR) is 203 cm³/mol. The molecule has 2 aromatic carbocycles. The Hall–Kier alpha value is -3.57. The Morgan fingerprint density at radius 2 is 1.65 bits per heavy atom. The SMILES string of the molecule is CC(=O)OCC(=O)[C@]1(O)C2C[C@@H](O)C(C3(C)C=CC(=O)CC3)CC2C[C@H]1C.CC1(C)Cc2cccc(C(=O)N3CCC(O)(c4ccc(Cl)cc4)CC3)c2O1. The van der Waals surface area contributed by atoms with E-state index in [9.17, 15) is 34.5 Å². The fourth-order valence-corrected chi connectivity index (χ4v) is 9.90. The lowest BCUT2D eigenvalue weighted by molar-refractivity contribution is -0.162. The van der Waals surface area contributed by atoms with Crippen molar-refractivity contribution in [1.29, 1.82) is 0 Å². The Bertz CT molecular complexity index is 1800. The van der Waals surface area contributed by atoms with Gasteiger partial charge in [0.2, 0.25) is 5.78 Å². The maximum absolute atomic E-state index is 13.1. The number of para-hydroxylation sites is 1. The fourth-order valence-electron chi connectivity index (χ4n) is 9.77. The second-order valence-electron chi connectivity index (χ2n) is 17.1. The summed E-state index contributed by atoms with van der Waals surface area (Å²) in [6, 6.07) is 13.1. The van der Waals surface area contributed by atoms with Crippen molar-refractivity contribution in [3.63, 3.8) is 0 Å². The van der Waals surface area contributed by atoms with E-state index in [0.29, 0.717) is 74.4 Å². The van der Waals surface area contributed by atoms with Crippen LogP contribution in [0.4, 0.5) is 0 Å². The lowest BCUT2D eigenvalue weighted by Gasteiger charge is -2.47. The highest BCUT2D eigenvalue weighted by Crippen LogP contribution is 2.57. The summed E-state index contributed by atoms with van der Waals surface area (Å²) in [5, 5.41) is 33.8. The molecule has 292 valence electrons.